The number of carbonyl (C=O) groups is 3. The zero-order chi connectivity index (χ0) is 26.1. The van der Waals surface area contributed by atoms with Crippen LogP contribution in [0, 0.1) is 11.8 Å². The predicted octanol–water partition coefficient (Wildman–Crippen LogP) is 5.12. The summed E-state index contributed by atoms with van der Waals surface area (Å²) in [6, 6.07) is 15.6. The highest BCUT2D eigenvalue weighted by Gasteiger charge is 2.65. The molecule has 4 atom stereocenters. The number of Topliss-reactive ketones (excluding diaryl/α,β-unsaturated/α-hetero) is 1. The first-order valence-corrected chi connectivity index (χ1v) is 11.8. The molecule has 3 aliphatic rings. The number of hydrogen-bond donors (Lipinski definition) is 0. The quantitative estimate of drug-likeness (QED) is 0.353. The number of fused-ring (bicyclic) bond motifs is 5. The first kappa shape index (κ1) is 23.4. The normalized spacial score (nSPS) is 24.2. The summed E-state index contributed by atoms with van der Waals surface area (Å²) < 4.78 is 40.2. The van der Waals surface area contributed by atoms with E-state index in [9.17, 15) is 27.6 Å². The van der Waals surface area contributed by atoms with Crippen LogP contribution < -0.4 is 4.90 Å². The number of anilines is 1. The standard InChI is InChI=1S/C27H17ClF3N3O3/c28-17-10-8-14(9-11-17)24(35)23-21-20(22-19-7-2-1-4-15(19)13-32-34(22)23)25(36)33(26(21)37)18-6-3-5-16(12-18)27(29,30)31/h1-13,20-23H/t20-,21+,22+,23-/m0/s1. The number of ketones is 1. The summed E-state index contributed by atoms with van der Waals surface area (Å²) in [5.74, 6) is -3.98. The largest absolute Gasteiger partial charge is 0.416 e. The van der Waals surface area contributed by atoms with Gasteiger partial charge in [0, 0.05) is 10.6 Å². The van der Waals surface area contributed by atoms with Crippen molar-refractivity contribution in [1.82, 2.24) is 5.01 Å². The van der Waals surface area contributed by atoms with Gasteiger partial charge in [0.1, 0.15) is 6.04 Å². The van der Waals surface area contributed by atoms with Crippen molar-refractivity contribution in [2.45, 2.75) is 18.3 Å². The van der Waals surface area contributed by atoms with E-state index in [0.717, 1.165) is 28.7 Å². The summed E-state index contributed by atoms with van der Waals surface area (Å²) >= 11 is 5.98. The van der Waals surface area contributed by atoms with Gasteiger partial charge in [-0.2, -0.15) is 18.3 Å². The zero-order valence-corrected chi connectivity index (χ0v) is 19.6. The minimum atomic E-state index is -4.65. The third kappa shape index (κ3) is 3.56. The number of hydrogen-bond acceptors (Lipinski definition) is 5. The summed E-state index contributed by atoms with van der Waals surface area (Å²) in [7, 11) is 0. The van der Waals surface area contributed by atoms with Gasteiger partial charge in [0.05, 0.1) is 35.3 Å². The van der Waals surface area contributed by atoms with Gasteiger partial charge in [-0.3, -0.25) is 19.4 Å². The minimum absolute atomic E-state index is 0.184. The van der Waals surface area contributed by atoms with Crippen molar-refractivity contribution in [3.8, 4) is 0 Å². The van der Waals surface area contributed by atoms with Crippen molar-refractivity contribution in [3.05, 3.63) is 100 Å². The molecule has 3 aliphatic heterocycles. The maximum atomic E-state index is 13.8. The number of benzene rings is 3. The molecule has 3 aromatic carbocycles. The molecule has 0 unspecified atom stereocenters. The summed E-state index contributed by atoms with van der Waals surface area (Å²) in [4.78, 5) is 42.1. The van der Waals surface area contributed by atoms with Crippen molar-refractivity contribution in [2.24, 2.45) is 16.9 Å². The molecule has 0 aromatic heterocycles. The molecule has 3 heterocycles. The van der Waals surface area contributed by atoms with Crippen molar-refractivity contribution in [3.63, 3.8) is 0 Å². The molecular weight excluding hydrogens is 507 g/mol. The number of alkyl halides is 3. The fraction of sp³-hybridized carbons (Fsp3) is 0.185. The Hall–Kier alpha value is -3.98. The smallest absolute Gasteiger partial charge is 0.292 e. The fourth-order valence-corrected chi connectivity index (χ4v) is 5.66. The first-order valence-electron chi connectivity index (χ1n) is 11.4. The molecular formula is C27H17ClF3N3O3. The van der Waals surface area contributed by atoms with Gasteiger partial charge in [0.15, 0.2) is 5.78 Å². The monoisotopic (exact) mass is 523 g/mol. The summed E-state index contributed by atoms with van der Waals surface area (Å²) in [5.41, 5.74) is 0.563. The Kier molecular flexibility index (Phi) is 5.24. The number of imide groups is 1. The van der Waals surface area contributed by atoms with Crippen LogP contribution in [-0.2, 0) is 15.8 Å². The number of amides is 2. The molecule has 2 saturated heterocycles. The lowest BCUT2D eigenvalue weighted by Gasteiger charge is -2.33. The molecule has 0 bridgehead atoms. The van der Waals surface area contributed by atoms with E-state index in [-0.39, 0.29) is 11.3 Å². The molecule has 0 spiro atoms. The van der Waals surface area contributed by atoms with Gasteiger partial charge in [-0.15, -0.1) is 0 Å². The highest BCUT2D eigenvalue weighted by molar-refractivity contribution is 6.30. The molecule has 6 nitrogen and oxygen atoms in total. The lowest BCUT2D eigenvalue weighted by molar-refractivity contribution is -0.137. The van der Waals surface area contributed by atoms with Crippen LogP contribution in [0.1, 0.15) is 33.1 Å². The van der Waals surface area contributed by atoms with E-state index < -0.39 is 53.3 Å². The maximum absolute atomic E-state index is 13.8. The van der Waals surface area contributed by atoms with Crippen LogP contribution in [0.3, 0.4) is 0 Å². The average molecular weight is 524 g/mol. The SMILES string of the molecule is O=C(c1ccc(Cl)cc1)[C@@H]1[C@@H]2C(=O)N(c3cccc(C(F)(F)F)c3)C(=O)[C@@H]2[C@H]2c3ccccc3C=NN12. The number of nitrogens with zero attached hydrogens (tertiary/aromatic N) is 3. The molecule has 37 heavy (non-hydrogen) atoms. The van der Waals surface area contributed by atoms with E-state index >= 15 is 0 Å². The van der Waals surface area contributed by atoms with E-state index in [1.807, 2.05) is 6.07 Å². The van der Waals surface area contributed by atoms with Gasteiger partial charge in [-0.05, 0) is 53.6 Å². The third-order valence-electron chi connectivity index (χ3n) is 7.12. The Labute approximate surface area is 213 Å². The van der Waals surface area contributed by atoms with Crippen LogP contribution in [0.15, 0.2) is 77.9 Å². The van der Waals surface area contributed by atoms with Gasteiger partial charge in [0.25, 0.3) is 0 Å². The van der Waals surface area contributed by atoms with Gasteiger partial charge in [-0.25, -0.2) is 4.90 Å². The molecule has 0 saturated carbocycles. The van der Waals surface area contributed by atoms with Crippen molar-refractivity contribution in [2.75, 3.05) is 4.90 Å². The number of halogens is 4. The van der Waals surface area contributed by atoms with Gasteiger partial charge in [-0.1, -0.05) is 41.9 Å². The Balaban J connectivity index is 1.48. The third-order valence-corrected chi connectivity index (χ3v) is 7.37. The summed E-state index contributed by atoms with van der Waals surface area (Å²) in [6.07, 6.45) is -3.08. The number of hydrazone groups is 1. The van der Waals surface area contributed by atoms with Gasteiger partial charge < -0.3 is 0 Å². The van der Waals surface area contributed by atoms with E-state index in [1.165, 1.54) is 23.2 Å². The zero-order valence-electron chi connectivity index (χ0n) is 18.9. The van der Waals surface area contributed by atoms with Crippen LogP contribution in [0.4, 0.5) is 18.9 Å². The van der Waals surface area contributed by atoms with Crippen molar-refractivity contribution >= 4 is 41.1 Å². The Morgan fingerprint density at radius 1 is 0.892 bits per heavy atom. The van der Waals surface area contributed by atoms with Crippen LogP contribution in [0.25, 0.3) is 0 Å². The molecule has 0 aliphatic carbocycles. The molecule has 6 rings (SSSR count). The number of carbonyl (C=O) groups excluding carboxylic acids is 3. The predicted molar refractivity (Wildman–Crippen MR) is 129 cm³/mol. The number of rotatable bonds is 3. The van der Waals surface area contributed by atoms with E-state index in [4.69, 9.17) is 11.6 Å². The average Bonchev–Trinajstić information content (AvgIpc) is 3.36. The summed E-state index contributed by atoms with van der Waals surface area (Å²) in [5, 5.41) is 6.38. The second-order valence-corrected chi connectivity index (χ2v) is 9.56. The highest BCUT2D eigenvalue weighted by Crippen LogP contribution is 2.53. The lowest BCUT2D eigenvalue weighted by atomic mass is 9.83. The van der Waals surface area contributed by atoms with Crippen LogP contribution in [0.2, 0.25) is 5.02 Å². The molecule has 0 N–H and O–H groups in total. The summed E-state index contributed by atoms with van der Waals surface area (Å²) in [6.45, 7) is 0. The van der Waals surface area contributed by atoms with Crippen LogP contribution in [0.5, 0.6) is 0 Å². The molecule has 2 amide bonds. The molecule has 10 heteroatoms. The molecule has 3 aromatic rings. The topological polar surface area (TPSA) is 70.0 Å². The highest BCUT2D eigenvalue weighted by atomic mass is 35.5. The van der Waals surface area contributed by atoms with Gasteiger partial charge >= 0.3 is 6.18 Å². The van der Waals surface area contributed by atoms with E-state index in [2.05, 4.69) is 5.10 Å². The van der Waals surface area contributed by atoms with E-state index in [1.54, 1.807) is 36.5 Å². The second kappa shape index (κ2) is 8.27. The lowest BCUT2D eigenvalue weighted by Crippen LogP contribution is -2.44. The Morgan fingerprint density at radius 3 is 2.32 bits per heavy atom. The Bertz CT molecular complexity index is 1490. The van der Waals surface area contributed by atoms with Crippen molar-refractivity contribution < 1.29 is 27.6 Å². The van der Waals surface area contributed by atoms with Crippen molar-refractivity contribution in [1.29, 1.82) is 0 Å². The van der Waals surface area contributed by atoms with Crippen LogP contribution in [-0.4, -0.2) is 34.9 Å². The van der Waals surface area contributed by atoms with Crippen LogP contribution >= 0.6 is 11.6 Å². The van der Waals surface area contributed by atoms with E-state index in [0.29, 0.717) is 10.6 Å². The fourth-order valence-electron chi connectivity index (χ4n) is 5.53. The minimum Gasteiger partial charge on any atom is -0.292 e. The molecule has 186 valence electrons. The molecule has 2 fully saturated rings. The Morgan fingerprint density at radius 2 is 1.59 bits per heavy atom. The molecule has 0 radical (unpaired) electrons. The second-order valence-electron chi connectivity index (χ2n) is 9.13. The first-order chi connectivity index (χ1) is 17.7. The maximum Gasteiger partial charge on any atom is 0.416 e. The van der Waals surface area contributed by atoms with Gasteiger partial charge in [0.2, 0.25) is 11.8 Å².